The first-order chi connectivity index (χ1) is 17.7. The van der Waals surface area contributed by atoms with Crippen LogP contribution >= 0.6 is 0 Å². The Bertz CT molecular complexity index is 1090. The van der Waals surface area contributed by atoms with Crippen LogP contribution in [-0.2, 0) is 20.7 Å². The zero-order valence-electron chi connectivity index (χ0n) is 21.1. The zero-order valence-corrected chi connectivity index (χ0v) is 21.1. The van der Waals surface area contributed by atoms with Gasteiger partial charge in [-0.15, -0.1) is 0 Å². The summed E-state index contributed by atoms with van der Waals surface area (Å²) in [5.74, 6) is 2.58. The van der Waals surface area contributed by atoms with Crippen molar-refractivity contribution >= 4 is 11.6 Å². The molecule has 0 aromatic heterocycles. The Morgan fingerprint density at radius 2 is 1.83 bits per heavy atom. The molecule has 3 heterocycles. The molecule has 1 amide bonds. The normalized spacial score (nSPS) is 24.2. The van der Waals surface area contributed by atoms with Crippen molar-refractivity contribution in [1.82, 2.24) is 9.80 Å². The molecule has 2 aliphatic carbocycles. The number of carbonyl (C=O) groups is 1. The van der Waals surface area contributed by atoms with Gasteiger partial charge in [-0.2, -0.15) is 0 Å². The number of hydrogen-bond donors (Lipinski definition) is 0. The Morgan fingerprint density at radius 1 is 0.972 bits per heavy atom. The van der Waals surface area contributed by atoms with Crippen LogP contribution in [0.1, 0.15) is 50.5 Å². The Hall–Kier alpha value is -2.99. The molecular formula is C30H37N3O3. The molecular weight excluding hydrogens is 450 g/mol. The van der Waals surface area contributed by atoms with E-state index in [0.717, 1.165) is 82.2 Å². The molecule has 6 heteroatoms. The Labute approximate surface area is 214 Å². The monoisotopic (exact) mass is 487 g/mol. The third kappa shape index (κ3) is 5.39. The van der Waals surface area contributed by atoms with Gasteiger partial charge in [0.1, 0.15) is 12.0 Å². The van der Waals surface area contributed by atoms with Gasteiger partial charge in [-0.05, 0) is 56.1 Å². The average molecular weight is 488 g/mol. The number of allylic oxidation sites excluding steroid dienone is 4. The predicted molar refractivity (Wildman–Crippen MR) is 141 cm³/mol. The topological polar surface area (TPSA) is 45.3 Å². The summed E-state index contributed by atoms with van der Waals surface area (Å²) in [7, 11) is 0. The minimum absolute atomic E-state index is 0.251. The van der Waals surface area contributed by atoms with E-state index in [0.29, 0.717) is 18.2 Å². The van der Waals surface area contributed by atoms with E-state index in [1.165, 1.54) is 24.0 Å². The summed E-state index contributed by atoms with van der Waals surface area (Å²) in [6.07, 6.45) is 18.2. The van der Waals surface area contributed by atoms with Crippen molar-refractivity contribution in [2.45, 2.75) is 57.4 Å². The quantitative estimate of drug-likeness (QED) is 0.535. The lowest BCUT2D eigenvalue weighted by Gasteiger charge is -2.42. The minimum atomic E-state index is 0.251. The van der Waals surface area contributed by atoms with Gasteiger partial charge in [0.2, 0.25) is 11.8 Å². The van der Waals surface area contributed by atoms with Gasteiger partial charge >= 0.3 is 0 Å². The second kappa shape index (κ2) is 10.6. The van der Waals surface area contributed by atoms with E-state index in [2.05, 4.69) is 57.2 Å². The van der Waals surface area contributed by atoms with Gasteiger partial charge in [-0.25, -0.2) is 0 Å². The number of anilines is 1. The molecule has 0 N–H and O–H groups in total. The molecule has 1 unspecified atom stereocenters. The summed E-state index contributed by atoms with van der Waals surface area (Å²) in [6, 6.07) is 8.74. The van der Waals surface area contributed by atoms with E-state index < -0.39 is 0 Å². The molecule has 3 aliphatic heterocycles. The number of benzene rings is 1. The first kappa shape index (κ1) is 23.4. The van der Waals surface area contributed by atoms with Crippen LogP contribution < -0.4 is 4.90 Å². The van der Waals surface area contributed by atoms with Crippen LogP contribution in [0.25, 0.3) is 0 Å². The Balaban J connectivity index is 1.03. The smallest absolute Gasteiger partial charge is 0.231 e. The lowest BCUT2D eigenvalue weighted by molar-refractivity contribution is -0.119. The van der Waals surface area contributed by atoms with Crippen LogP contribution in [0.4, 0.5) is 5.69 Å². The standard InChI is InChI=1S/C30H37N3O3/c34-29(19-24-10-11-24)33-26(13-12-25-8-4-5-9-28(25)33)20-31-14-16-32(17-15-31)30-22-35-27(21-36-30)18-23-6-2-1-3-7-23/h1-2,4-6,8-9,21-22,24,26H,3,7,10-20H2. The van der Waals surface area contributed by atoms with Crippen molar-refractivity contribution < 1.29 is 14.3 Å². The largest absolute Gasteiger partial charge is 0.460 e. The van der Waals surface area contributed by atoms with E-state index in [1.54, 1.807) is 12.5 Å². The number of carbonyl (C=O) groups excluding carboxylic acids is 1. The number of ether oxygens (including phenoxy) is 2. The molecule has 2 fully saturated rings. The van der Waals surface area contributed by atoms with E-state index in [4.69, 9.17) is 9.47 Å². The van der Waals surface area contributed by atoms with E-state index in [9.17, 15) is 4.79 Å². The maximum atomic E-state index is 13.3. The highest BCUT2D eigenvalue weighted by Crippen LogP contribution is 2.37. The molecule has 1 aromatic carbocycles. The van der Waals surface area contributed by atoms with Gasteiger partial charge in [-0.3, -0.25) is 9.69 Å². The van der Waals surface area contributed by atoms with Gasteiger partial charge in [0.25, 0.3) is 0 Å². The zero-order chi connectivity index (χ0) is 24.3. The summed E-state index contributed by atoms with van der Waals surface area (Å²) in [6.45, 7) is 4.64. The fraction of sp³-hybridized carbons (Fsp3) is 0.500. The van der Waals surface area contributed by atoms with Crippen LogP contribution in [0.2, 0.25) is 0 Å². The second-order valence-electron chi connectivity index (χ2n) is 10.8. The highest BCUT2D eigenvalue weighted by atomic mass is 16.6. The van der Waals surface area contributed by atoms with E-state index >= 15 is 0 Å². The molecule has 6 nitrogen and oxygen atoms in total. The van der Waals surface area contributed by atoms with Crippen molar-refractivity contribution in [2.75, 3.05) is 37.6 Å². The van der Waals surface area contributed by atoms with Gasteiger partial charge in [-0.1, -0.05) is 42.0 Å². The molecule has 0 spiro atoms. The molecule has 1 saturated heterocycles. The summed E-state index contributed by atoms with van der Waals surface area (Å²) in [5, 5.41) is 0. The van der Waals surface area contributed by atoms with Crippen LogP contribution in [0, 0.1) is 5.92 Å². The third-order valence-corrected chi connectivity index (χ3v) is 8.07. The lowest BCUT2D eigenvalue weighted by Crippen LogP contribution is -2.54. The van der Waals surface area contributed by atoms with Crippen molar-refractivity contribution in [3.8, 4) is 0 Å². The van der Waals surface area contributed by atoms with Crippen molar-refractivity contribution in [2.24, 2.45) is 5.92 Å². The summed E-state index contributed by atoms with van der Waals surface area (Å²) in [5.41, 5.74) is 3.83. The first-order valence-electron chi connectivity index (χ1n) is 13.7. The summed E-state index contributed by atoms with van der Waals surface area (Å²) in [4.78, 5) is 20.2. The highest BCUT2D eigenvalue weighted by molar-refractivity contribution is 5.95. The fourth-order valence-electron chi connectivity index (χ4n) is 5.80. The van der Waals surface area contributed by atoms with E-state index in [-0.39, 0.29) is 6.04 Å². The number of piperazine rings is 1. The first-order valence-corrected chi connectivity index (χ1v) is 13.7. The fourth-order valence-corrected chi connectivity index (χ4v) is 5.80. The van der Waals surface area contributed by atoms with Gasteiger partial charge < -0.3 is 19.3 Å². The summed E-state index contributed by atoms with van der Waals surface area (Å²) >= 11 is 0. The van der Waals surface area contributed by atoms with Gasteiger partial charge in [0.05, 0.1) is 0 Å². The number of fused-ring (bicyclic) bond motifs is 1. The number of amides is 1. The Kier molecular flexibility index (Phi) is 6.86. The molecule has 1 aromatic rings. The number of hydrogen-bond acceptors (Lipinski definition) is 5. The minimum Gasteiger partial charge on any atom is -0.460 e. The van der Waals surface area contributed by atoms with E-state index in [1.807, 2.05) is 0 Å². The van der Waals surface area contributed by atoms with Crippen molar-refractivity contribution in [3.05, 3.63) is 77.8 Å². The SMILES string of the molecule is O=C(CC1CC1)N1c2ccccc2CCC1CN1CCN(C2=COC(CC3=CC=CCC3)=CO2)CC1. The van der Waals surface area contributed by atoms with Crippen LogP contribution in [0.5, 0.6) is 0 Å². The molecule has 1 atom stereocenters. The van der Waals surface area contributed by atoms with Crippen LogP contribution in [0.15, 0.2) is 72.2 Å². The predicted octanol–water partition coefficient (Wildman–Crippen LogP) is 5.11. The molecule has 5 aliphatic rings. The van der Waals surface area contributed by atoms with Crippen molar-refractivity contribution in [3.63, 3.8) is 0 Å². The summed E-state index contributed by atoms with van der Waals surface area (Å²) < 4.78 is 11.9. The third-order valence-electron chi connectivity index (χ3n) is 8.07. The average Bonchev–Trinajstić information content (AvgIpc) is 3.74. The molecule has 36 heavy (non-hydrogen) atoms. The molecule has 1 saturated carbocycles. The van der Waals surface area contributed by atoms with Gasteiger partial charge in [0.15, 0.2) is 6.26 Å². The number of rotatable bonds is 7. The number of para-hydroxylation sites is 1. The Morgan fingerprint density at radius 3 is 2.58 bits per heavy atom. The highest BCUT2D eigenvalue weighted by Gasteiger charge is 2.35. The lowest BCUT2D eigenvalue weighted by atomic mass is 9.94. The molecule has 0 bridgehead atoms. The van der Waals surface area contributed by atoms with Crippen LogP contribution in [-0.4, -0.2) is 54.5 Å². The maximum Gasteiger partial charge on any atom is 0.231 e. The number of aryl methyl sites for hydroxylation is 1. The van der Waals surface area contributed by atoms with Crippen LogP contribution in [0.3, 0.4) is 0 Å². The molecule has 190 valence electrons. The second-order valence-corrected chi connectivity index (χ2v) is 10.8. The molecule has 0 radical (unpaired) electrons. The molecule has 6 rings (SSSR count). The number of nitrogens with zero attached hydrogens (tertiary/aromatic N) is 3. The van der Waals surface area contributed by atoms with Crippen molar-refractivity contribution in [1.29, 1.82) is 0 Å². The maximum absolute atomic E-state index is 13.3. The van der Waals surface area contributed by atoms with Gasteiger partial charge in [0, 0.05) is 57.3 Å².